The van der Waals surface area contributed by atoms with Crippen molar-refractivity contribution >= 4 is 11.9 Å². The molecule has 156 valence electrons. The maximum absolute atomic E-state index is 13.1. The zero-order chi connectivity index (χ0) is 21.1. The predicted molar refractivity (Wildman–Crippen MR) is 112 cm³/mol. The van der Waals surface area contributed by atoms with Gasteiger partial charge in [0.25, 0.3) is 0 Å². The van der Waals surface area contributed by atoms with Gasteiger partial charge in [-0.1, -0.05) is 34.9 Å². The van der Waals surface area contributed by atoms with Crippen LogP contribution in [0.15, 0.2) is 52.9 Å². The molecule has 0 aliphatic carbocycles. The molecule has 4 rings (SSSR count). The van der Waals surface area contributed by atoms with Crippen LogP contribution < -0.4 is 10.2 Å². The minimum atomic E-state index is -0.281. The third kappa shape index (κ3) is 4.50. The number of aryl methyl sites for hydroxylation is 1. The lowest BCUT2D eigenvalue weighted by atomic mass is 9.95. The highest BCUT2D eigenvalue weighted by Gasteiger charge is 2.28. The molecule has 0 spiro atoms. The number of nitrogens with zero attached hydrogens (tertiary/aromatic N) is 3. The lowest BCUT2D eigenvalue weighted by Gasteiger charge is -2.30. The Morgan fingerprint density at radius 1 is 1.10 bits per heavy atom. The summed E-state index contributed by atoms with van der Waals surface area (Å²) in [6.07, 6.45) is 1.43. The van der Waals surface area contributed by atoms with Crippen molar-refractivity contribution < 1.29 is 13.6 Å². The molecule has 0 unspecified atom stereocenters. The Morgan fingerprint density at radius 2 is 1.77 bits per heavy atom. The zero-order valence-corrected chi connectivity index (χ0v) is 17.1. The number of piperidine rings is 1. The van der Waals surface area contributed by atoms with Crippen LogP contribution >= 0.6 is 0 Å². The maximum atomic E-state index is 13.1. The quantitative estimate of drug-likeness (QED) is 0.682. The molecule has 2 aromatic carbocycles. The average Bonchev–Trinajstić information content (AvgIpc) is 3.25. The lowest BCUT2D eigenvalue weighted by molar-refractivity contribution is -0.126. The zero-order valence-electron chi connectivity index (χ0n) is 17.1. The Labute approximate surface area is 175 Å². The number of hydrogen-bond acceptors (Lipinski definition) is 5. The van der Waals surface area contributed by atoms with Crippen LogP contribution in [0.1, 0.15) is 36.9 Å². The normalized spacial score (nSPS) is 15.8. The fourth-order valence-corrected chi connectivity index (χ4v) is 3.66. The smallest absolute Gasteiger partial charge is 0.318 e. The second-order valence-electron chi connectivity index (χ2n) is 7.80. The van der Waals surface area contributed by atoms with E-state index in [2.05, 4.69) is 15.5 Å². The Balaban J connectivity index is 1.32. The van der Waals surface area contributed by atoms with E-state index in [1.165, 1.54) is 17.7 Å². The molecule has 1 fully saturated rings. The summed E-state index contributed by atoms with van der Waals surface area (Å²) in [7, 11) is 0. The first-order valence-electron chi connectivity index (χ1n) is 10.2. The molecule has 1 saturated heterocycles. The van der Waals surface area contributed by atoms with E-state index in [-0.39, 0.29) is 23.7 Å². The van der Waals surface area contributed by atoms with Gasteiger partial charge in [-0.15, -0.1) is 5.10 Å². The molecule has 1 aliphatic rings. The number of nitrogens with one attached hydrogen (secondary N) is 1. The van der Waals surface area contributed by atoms with Crippen molar-refractivity contribution in [1.82, 2.24) is 15.5 Å². The largest absolute Gasteiger partial charge is 0.403 e. The highest BCUT2D eigenvalue weighted by atomic mass is 19.1. The molecule has 1 aromatic heterocycles. The van der Waals surface area contributed by atoms with Gasteiger partial charge in [-0.05, 0) is 56.5 Å². The van der Waals surface area contributed by atoms with Crippen LogP contribution in [0.5, 0.6) is 0 Å². The highest BCUT2D eigenvalue weighted by molar-refractivity contribution is 5.79. The van der Waals surface area contributed by atoms with E-state index >= 15 is 0 Å². The number of rotatable bonds is 5. The topological polar surface area (TPSA) is 71.3 Å². The summed E-state index contributed by atoms with van der Waals surface area (Å²) in [6.45, 7) is 5.30. The molecule has 3 aromatic rings. The molecule has 2 heterocycles. The number of hydrogen-bond donors (Lipinski definition) is 1. The first-order valence-corrected chi connectivity index (χ1v) is 10.2. The van der Waals surface area contributed by atoms with Gasteiger partial charge < -0.3 is 14.6 Å². The van der Waals surface area contributed by atoms with E-state index in [0.29, 0.717) is 37.8 Å². The second kappa shape index (κ2) is 8.65. The third-order valence-corrected chi connectivity index (χ3v) is 5.58. The van der Waals surface area contributed by atoms with Gasteiger partial charge in [0.05, 0.1) is 6.04 Å². The van der Waals surface area contributed by atoms with Crippen LogP contribution in [-0.4, -0.2) is 29.2 Å². The van der Waals surface area contributed by atoms with E-state index in [9.17, 15) is 9.18 Å². The Hall–Kier alpha value is -3.22. The Bertz CT molecular complexity index is 993. The van der Waals surface area contributed by atoms with Crippen molar-refractivity contribution in [3.05, 3.63) is 65.5 Å². The minimum Gasteiger partial charge on any atom is -0.403 e. The van der Waals surface area contributed by atoms with E-state index in [0.717, 1.165) is 11.1 Å². The van der Waals surface area contributed by atoms with E-state index < -0.39 is 0 Å². The standard InChI is InChI=1S/C23H25FN4O2/c1-15-3-5-19(6-4-15)22-26-27-23(30-22)28-13-11-18(12-14-28)21(29)25-16(2)17-7-9-20(24)10-8-17/h3-10,16,18H,11-14H2,1-2H3,(H,25,29)/t16-/m0/s1. The molecule has 1 atom stereocenters. The third-order valence-electron chi connectivity index (χ3n) is 5.58. The molecule has 30 heavy (non-hydrogen) atoms. The average molecular weight is 408 g/mol. The van der Waals surface area contributed by atoms with Gasteiger partial charge in [0.1, 0.15) is 5.82 Å². The molecule has 1 N–H and O–H groups in total. The Kier molecular flexibility index (Phi) is 5.79. The number of halogens is 1. The van der Waals surface area contributed by atoms with Crippen LogP contribution in [0.4, 0.5) is 10.4 Å². The summed E-state index contributed by atoms with van der Waals surface area (Å²) in [5.41, 5.74) is 2.95. The summed E-state index contributed by atoms with van der Waals surface area (Å²) in [4.78, 5) is 14.7. The molecule has 0 saturated carbocycles. The number of amides is 1. The fraction of sp³-hybridized carbons (Fsp3) is 0.348. The minimum absolute atomic E-state index is 0.0253. The number of carbonyl (C=O) groups is 1. The monoisotopic (exact) mass is 408 g/mol. The van der Waals surface area contributed by atoms with Crippen molar-refractivity contribution in [1.29, 1.82) is 0 Å². The highest BCUT2D eigenvalue weighted by Crippen LogP contribution is 2.26. The first kappa shape index (κ1) is 20.1. The summed E-state index contributed by atoms with van der Waals surface area (Å²) in [5.74, 6) is 0.176. The molecular weight excluding hydrogens is 383 g/mol. The molecule has 0 bridgehead atoms. The molecule has 6 nitrogen and oxygen atoms in total. The van der Waals surface area contributed by atoms with Gasteiger partial charge in [-0.2, -0.15) is 0 Å². The molecule has 1 amide bonds. The molecule has 0 radical (unpaired) electrons. The number of benzene rings is 2. The summed E-state index contributed by atoms with van der Waals surface area (Å²) in [5, 5.41) is 11.4. The number of anilines is 1. The van der Waals surface area contributed by atoms with Gasteiger partial charge in [-0.3, -0.25) is 4.79 Å². The predicted octanol–water partition coefficient (Wildman–Crippen LogP) is 4.28. The van der Waals surface area contributed by atoms with Crippen LogP contribution in [0.3, 0.4) is 0 Å². The fourth-order valence-electron chi connectivity index (χ4n) is 3.66. The Morgan fingerprint density at radius 3 is 2.43 bits per heavy atom. The lowest BCUT2D eigenvalue weighted by Crippen LogP contribution is -2.41. The van der Waals surface area contributed by atoms with Gasteiger partial charge >= 0.3 is 6.01 Å². The number of carbonyl (C=O) groups excluding carboxylic acids is 1. The van der Waals surface area contributed by atoms with E-state index in [1.807, 2.05) is 43.0 Å². The molecule has 1 aliphatic heterocycles. The summed E-state index contributed by atoms with van der Waals surface area (Å²) >= 11 is 0. The first-order chi connectivity index (χ1) is 14.5. The van der Waals surface area contributed by atoms with Crippen LogP contribution in [0.2, 0.25) is 0 Å². The van der Waals surface area contributed by atoms with Gasteiger partial charge in [-0.25, -0.2) is 4.39 Å². The van der Waals surface area contributed by atoms with Crippen molar-refractivity contribution in [3.63, 3.8) is 0 Å². The van der Waals surface area contributed by atoms with Gasteiger partial charge in [0.15, 0.2) is 0 Å². The molecular formula is C23H25FN4O2. The summed E-state index contributed by atoms with van der Waals surface area (Å²) < 4.78 is 18.9. The maximum Gasteiger partial charge on any atom is 0.318 e. The van der Waals surface area contributed by atoms with Crippen molar-refractivity contribution in [3.8, 4) is 11.5 Å². The van der Waals surface area contributed by atoms with Gasteiger partial charge in [0.2, 0.25) is 11.8 Å². The second-order valence-corrected chi connectivity index (χ2v) is 7.80. The molecule has 7 heteroatoms. The SMILES string of the molecule is Cc1ccc(-c2nnc(N3CCC(C(=O)N[C@@H](C)c4ccc(F)cc4)CC3)o2)cc1. The van der Waals surface area contributed by atoms with Crippen molar-refractivity contribution in [2.75, 3.05) is 18.0 Å². The van der Waals surface area contributed by atoms with Crippen molar-refractivity contribution in [2.45, 2.75) is 32.7 Å². The van der Waals surface area contributed by atoms with Crippen molar-refractivity contribution in [2.24, 2.45) is 5.92 Å². The van der Waals surface area contributed by atoms with Crippen LogP contribution in [-0.2, 0) is 4.79 Å². The summed E-state index contributed by atoms with van der Waals surface area (Å²) in [6, 6.07) is 14.5. The van der Waals surface area contributed by atoms with Crippen LogP contribution in [0.25, 0.3) is 11.5 Å². The van der Waals surface area contributed by atoms with Crippen LogP contribution in [0, 0.1) is 18.7 Å². The van der Waals surface area contributed by atoms with E-state index in [4.69, 9.17) is 4.42 Å². The van der Waals surface area contributed by atoms with E-state index in [1.54, 1.807) is 12.1 Å². The van der Waals surface area contributed by atoms with Gasteiger partial charge in [0, 0.05) is 24.6 Å². The number of aromatic nitrogens is 2.